The molecule has 0 fully saturated rings. The van der Waals surface area contributed by atoms with E-state index < -0.39 is 15.7 Å². The average molecular weight is 430 g/mol. The summed E-state index contributed by atoms with van der Waals surface area (Å²) in [5, 5.41) is 10.3. The molecule has 3 rings (SSSR count). The minimum atomic E-state index is -3.71. The monoisotopic (exact) mass is 429 g/mol. The van der Waals surface area contributed by atoms with Crippen LogP contribution < -0.4 is 10.6 Å². The van der Waals surface area contributed by atoms with E-state index in [2.05, 4.69) is 20.7 Å². The highest BCUT2D eigenvalue weighted by Crippen LogP contribution is 2.14. The lowest BCUT2D eigenvalue weighted by molar-refractivity contribution is 0.566. The van der Waals surface area contributed by atoms with Gasteiger partial charge in [-0.15, -0.1) is 0 Å². The number of hydrogen-bond acceptors (Lipinski definition) is 4. The van der Waals surface area contributed by atoms with Crippen molar-refractivity contribution in [3.8, 4) is 5.69 Å². The molecule has 0 radical (unpaired) electrons. The van der Waals surface area contributed by atoms with Crippen molar-refractivity contribution in [1.82, 2.24) is 20.4 Å². The molecule has 1 aromatic heterocycles. The Morgan fingerprint density at radius 3 is 2.47 bits per heavy atom. The van der Waals surface area contributed by atoms with Crippen LogP contribution in [0.4, 0.5) is 4.39 Å². The van der Waals surface area contributed by atoms with E-state index in [9.17, 15) is 12.8 Å². The standard InChI is InChI=1S/C21H24FN5O2S/c1-23-21(25-14-16-30(28,29)20-6-3-2-5-19(20)22)24-13-11-17-7-9-18(10-8-17)27-15-4-12-26-27/h2-10,12,15H,11,13-14,16H2,1H3,(H2,23,24,25). The van der Waals surface area contributed by atoms with Gasteiger partial charge in [-0.2, -0.15) is 5.10 Å². The Labute approximate surface area is 175 Å². The maximum Gasteiger partial charge on any atom is 0.191 e. The summed E-state index contributed by atoms with van der Waals surface area (Å²) < 4.78 is 40.1. The topological polar surface area (TPSA) is 88.4 Å². The van der Waals surface area contributed by atoms with Gasteiger partial charge in [0.2, 0.25) is 0 Å². The van der Waals surface area contributed by atoms with Crippen LogP contribution in [0.3, 0.4) is 0 Å². The van der Waals surface area contributed by atoms with Gasteiger partial charge in [0.15, 0.2) is 15.8 Å². The van der Waals surface area contributed by atoms with Gasteiger partial charge in [0.1, 0.15) is 10.7 Å². The summed E-state index contributed by atoms with van der Waals surface area (Å²) in [4.78, 5) is 3.81. The molecule has 0 saturated heterocycles. The normalized spacial score (nSPS) is 12.0. The first kappa shape index (κ1) is 21.5. The molecule has 3 aromatic rings. The van der Waals surface area contributed by atoms with Gasteiger partial charge in [0.05, 0.1) is 11.4 Å². The van der Waals surface area contributed by atoms with E-state index in [-0.39, 0.29) is 17.2 Å². The second kappa shape index (κ2) is 10.0. The van der Waals surface area contributed by atoms with Crippen molar-refractivity contribution in [2.45, 2.75) is 11.3 Å². The van der Waals surface area contributed by atoms with Gasteiger partial charge < -0.3 is 10.6 Å². The SMILES string of the molecule is CN=C(NCCc1ccc(-n2cccn2)cc1)NCCS(=O)(=O)c1ccccc1F. The molecule has 30 heavy (non-hydrogen) atoms. The molecule has 0 spiro atoms. The van der Waals surface area contributed by atoms with Crippen molar-refractivity contribution in [2.75, 3.05) is 25.9 Å². The lowest BCUT2D eigenvalue weighted by Crippen LogP contribution is -2.40. The van der Waals surface area contributed by atoms with Gasteiger partial charge >= 0.3 is 0 Å². The first-order valence-corrected chi connectivity index (χ1v) is 11.2. The van der Waals surface area contributed by atoms with Crippen molar-refractivity contribution >= 4 is 15.8 Å². The smallest absolute Gasteiger partial charge is 0.191 e. The second-order valence-corrected chi connectivity index (χ2v) is 8.62. The highest BCUT2D eigenvalue weighted by molar-refractivity contribution is 7.91. The molecule has 2 aromatic carbocycles. The molecule has 0 amide bonds. The van der Waals surface area contributed by atoms with E-state index in [1.54, 1.807) is 17.9 Å². The van der Waals surface area contributed by atoms with Gasteiger partial charge in [0, 0.05) is 32.5 Å². The van der Waals surface area contributed by atoms with E-state index in [1.165, 1.54) is 18.2 Å². The fraction of sp³-hybridized carbons (Fsp3) is 0.238. The minimum absolute atomic E-state index is 0.120. The zero-order chi connectivity index (χ0) is 21.4. The fourth-order valence-corrected chi connectivity index (χ4v) is 4.14. The van der Waals surface area contributed by atoms with E-state index in [1.807, 2.05) is 36.5 Å². The number of guanidine groups is 1. The Bertz CT molecular complexity index is 1080. The zero-order valence-electron chi connectivity index (χ0n) is 16.6. The lowest BCUT2D eigenvalue weighted by atomic mass is 10.1. The fourth-order valence-electron chi connectivity index (χ4n) is 2.89. The summed E-state index contributed by atoms with van der Waals surface area (Å²) in [5.74, 6) is -0.478. The molecule has 2 N–H and O–H groups in total. The third kappa shape index (κ3) is 5.66. The summed E-state index contributed by atoms with van der Waals surface area (Å²) >= 11 is 0. The van der Waals surface area contributed by atoms with E-state index in [0.717, 1.165) is 23.7 Å². The molecular formula is C21H24FN5O2S. The zero-order valence-corrected chi connectivity index (χ0v) is 17.4. The maximum absolute atomic E-state index is 13.7. The molecule has 1 heterocycles. The first-order chi connectivity index (χ1) is 14.5. The Balaban J connectivity index is 1.44. The van der Waals surface area contributed by atoms with Gasteiger partial charge in [-0.25, -0.2) is 17.5 Å². The number of aliphatic imine (C=N–C) groups is 1. The Morgan fingerprint density at radius 2 is 1.80 bits per heavy atom. The summed E-state index contributed by atoms with van der Waals surface area (Å²) in [6, 6.07) is 15.3. The quantitative estimate of drug-likeness (QED) is 0.423. The Hall–Kier alpha value is -3.20. The molecule has 0 aliphatic heterocycles. The number of nitrogens with one attached hydrogen (secondary N) is 2. The molecule has 0 unspecified atom stereocenters. The molecular weight excluding hydrogens is 405 g/mol. The van der Waals surface area contributed by atoms with Crippen LogP contribution in [0.1, 0.15) is 5.56 Å². The van der Waals surface area contributed by atoms with E-state index in [0.29, 0.717) is 12.5 Å². The second-order valence-electron chi connectivity index (χ2n) is 6.54. The average Bonchev–Trinajstić information content (AvgIpc) is 3.28. The van der Waals surface area contributed by atoms with Crippen LogP contribution in [0, 0.1) is 5.82 Å². The molecule has 0 atom stereocenters. The van der Waals surface area contributed by atoms with Gasteiger partial charge in [0.25, 0.3) is 0 Å². The van der Waals surface area contributed by atoms with Crippen LogP contribution in [-0.4, -0.2) is 50.0 Å². The van der Waals surface area contributed by atoms with Gasteiger partial charge in [-0.3, -0.25) is 4.99 Å². The highest BCUT2D eigenvalue weighted by Gasteiger charge is 2.18. The van der Waals surface area contributed by atoms with E-state index in [4.69, 9.17) is 0 Å². The number of rotatable bonds is 8. The molecule has 9 heteroatoms. The largest absolute Gasteiger partial charge is 0.356 e. The summed E-state index contributed by atoms with van der Waals surface area (Å²) in [7, 11) is -2.10. The van der Waals surface area contributed by atoms with Crippen LogP contribution in [0.2, 0.25) is 0 Å². The Morgan fingerprint density at radius 1 is 1.07 bits per heavy atom. The predicted molar refractivity (Wildman–Crippen MR) is 115 cm³/mol. The predicted octanol–water partition coefficient (Wildman–Crippen LogP) is 2.19. The number of hydrogen-bond donors (Lipinski definition) is 2. The first-order valence-electron chi connectivity index (χ1n) is 9.50. The van der Waals surface area contributed by atoms with Crippen molar-refractivity contribution in [3.63, 3.8) is 0 Å². The van der Waals surface area contributed by atoms with Crippen LogP contribution in [0.15, 0.2) is 76.9 Å². The molecule has 0 bridgehead atoms. The lowest BCUT2D eigenvalue weighted by Gasteiger charge is -2.12. The molecule has 7 nitrogen and oxygen atoms in total. The van der Waals surface area contributed by atoms with Crippen LogP contribution in [0.5, 0.6) is 0 Å². The summed E-state index contributed by atoms with van der Waals surface area (Å²) in [5.41, 5.74) is 2.14. The molecule has 0 aliphatic rings. The van der Waals surface area contributed by atoms with Crippen LogP contribution in [0.25, 0.3) is 5.69 Å². The third-order valence-corrected chi connectivity index (χ3v) is 6.21. The summed E-state index contributed by atoms with van der Waals surface area (Å²) in [6.45, 7) is 0.746. The van der Waals surface area contributed by atoms with Crippen LogP contribution >= 0.6 is 0 Å². The minimum Gasteiger partial charge on any atom is -0.356 e. The maximum atomic E-state index is 13.7. The molecule has 158 valence electrons. The number of nitrogens with zero attached hydrogens (tertiary/aromatic N) is 3. The number of halogens is 1. The van der Waals surface area contributed by atoms with Crippen molar-refractivity contribution in [3.05, 3.63) is 78.4 Å². The molecule has 0 aliphatic carbocycles. The number of sulfone groups is 1. The number of benzene rings is 2. The van der Waals surface area contributed by atoms with Crippen molar-refractivity contribution in [2.24, 2.45) is 4.99 Å². The van der Waals surface area contributed by atoms with Gasteiger partial charge in [-0.1, -0.05) is 24.3 Å². The summed E-state index contributed by atoms with van der Waals surface area (Å²) in [6.07, 6.45) is 4.39. The van der Waals surface area contributed by atoms with Crippen LogP contribution in [-0.2, 0) is 16.3 Å². The third-order valence-electron chi connectivity index (χ3n) is 4.47. The van der Waals surface area contributed by atoms with Crippen molar-refractivity contribution in [1.29, 1.82) is 0 Å². The van der Waals surface area contributed by atoms with E-state index >= 15 is 0 Å². The highest BCUT2D eigenvalue weighted by atomic mass is 32.2. The van der Waals surface area contributed by atoms with Crippen molar-refractivity contribution < 1.29 is 12.8 Å². The Kier molecular flexibility index (Phi) is 7.18. The van der Waals surface area contributed by atoms with Gasteiger partial charge in [-0.05, 0) is 42.3 Å². The number of aromatic nitrogens is 2. The molecule has 0 saturated carbocycles.